The van der Waals surface area contributed by atoms with Gasteiger partial charge in [0.2, 0.25) is 0 Å². The molecule has 1 atom stereocenters. The molecule has 23 heavy (non-hydrogen) atoms. The van der Waals surface area contributed by atoms with Crippen LogP contribution in [0.15, 0.2) is 48.5 Å². The first-order valence-electron chi connectivity index (χ1n) is 7.40. The summed E-state index contributed by atoms with van der Waals surface area (Å²) in [5.41, 5.74) is 1.28. The minimum atomic E-state index is -0.445. The number of epoxide rings is 1. The zero-order chi connectivity index (χ0) is 16.1. The fraction of sp³-hybridized carbons (Fsp3) is 0.278. The lowest BCUT2D eigenvalue weighted by Gasteiger charge is -2.12. The van der Waals surface area contributed by atoms with Gasteiger partial charge in [0.25, 0.3) is 0 Å². The van der Waals surface area contributed by atoms with Crippen molar-refractivity contribution in [3.8, 4) is 11.5 Å². The lowest BCUT2D eigenvalue weighted by atomic mass is 10.2. The molecule has 0 amide bonds. The van der Waals surface area contributed by atoms with E-state index in [-0.39, 0.29) is 12.7 Å². The molecule has 120 valence electrons. The molecule has 1 aliphatic rings. The van der Waals surface area contributed by atoms with E-state index in [0.717, 1.165) is 5.56 Å². The van der Waals surface area contributed by atoms with Gasteiger partial charge in [-0.25, -0.2) is 4.79 Å². The van der Waals surface area contributed by atoms with Gasteiger partial charge in [-0.05, 0) is 23.8 Å². The first-order valence-corrected chi connectivity index (χ1v) is 7.40. The molecule has 0 radical (unpaired) electrons. The maximum Gasteiger partial charge on any atom is 0.342 e. The van der Waals surface area contributed by atoms with Gasteiger partial charge >= 0.3 is 5.97 Å². The Labute approximate surface area is 134 Å². The summed E-state index contributed by atoms with van der Waals surface area (Å²) < 4.78 is 21.3. The fourth-order valence-electron chi connectivity index (χ4n) is 2.07. The lowest BCUT2D eigenvalue weighted by Crippen LogP contribution is -2.11. The summed E-state index contributed by atoms with van der Waals surface area (Å²) in [7, 11) is 1.55. The molecule has 1 unspecified atom stereocenters. The van der Waals surface area contributed by atoms with Crippen LogP contribution in [0.2, 0.25) is 0 Å². The Morgan fingerprint density at radius 2 is 2.00 bits per heavy atom. The molecule has 0 spiro atoms. The summed E-state index contributed by atoms with van der Waals surface area (Å²) >= 11 is 0. The molecule has 0 aliphatic carbocycles. The summed E-state index contributed by atoms with van der Waals surface area (Å²) in [5, 5.41) is 0. The average Bonchev–Trinajstić information content (AvgIpc) is 3.43. The summed E-state index contributed by atoms with van der Waals surface area (Å²) in [6, 6.07) is 14.6. The molecule has 2 aromatic rings. The molecule has 1 aliphatic heterocycles. The third kappa shape index (κ3) is 4.23. The van der Waals surface area contributed by atoms with Crippen molar-refractivity contribution in [3.63, 3.8) is 0 Å². The minimum Gasteiger partial charge on any atom is -0.497 e. The van der Waals surface area contributed by atoms with Gasteiger partial charge in [-0.15, -0.1) is 0 Å². The van der Waals surface area contributed by atoms with E-state index in [9.17, 15) is 4.79 Å². The zero-order valence-corrected chi connectivity index (χ0v) is 12.9. The smallest absolute Gasteiger partial charge is 0.342 e. The van der Waals surface area contributed by atoms with Gasteiger partial charge in [-0.2, -0.15) is 0 Å². The molecule has 5 nitrogen and oxygen atoms in total. The second kappa shape index (κ2) is 7.15. The second-order valence-corrected chi connectivity index (χ2v) is 5.19. The number of benzene rings is 2. The molecule has 3 rings (SSSR count). The van der Waals surface area contributed by atoms with Crippen molar-refractivity contribution in [2.75, 3.05) is 20.3 Å². The summed E-state index contributed by atoms with van der Waals surface area (Å²) in [6.07, 6.45) is 0.116. The van der Waals surface area contributed by atoms with Gasteiger partial charge < -0.3 is 18.9 Å². The molecule has 5 heteroatoms. The van der Waals surface area contributed by atoms with Gasteiger partial charge in [0.15, 0.2) is 0 Å². The van der Waals surface area contributed by atoms with Crippen LogP contribution < -0.4 is 9.47 Å². The van der Waals surface area contributed by atoms with E-state index >= 15 is 0 Å². The van der Waals surface area contributed by atoms with Crippen LogP contribution in [0.4, 0.5) is 0 Å². The molecule has 2 aromatic carbocycles. The Morgan fingerprint density at radius 3 is 2.70 bits per heavy atom. The van der Waals surface area contributed by atoms with Crippen LogP contribution >= 0.6 is 0 Å². The number of ether oxygens (including phenoxy) is 4. The standard InChI is InChI=1S/C18H18O5/c1-20-14-7-8-17(22-12-15-11-21-15)16(9-14)18(19)23-10-13-5-3-2-4-6-13/h2-9,15H,10-12H2,1H3. The van der Waals surface area contributed by atoms with Crippen molar-refractivity contribution < 1.29 is 23.7 Å². The molecule has 1 saturated heterocycles. The highest BCUT2D eigenvalue weighted by molar-refractivity contribution is 5.93. The third-order valence-corrected chi connectivity index (χ3v) is 3.45. The van der Waals surface area contributed by atoms with Gasteiger partial charge in [0.1, 0.15) is 36.4 Å². The quantitative estimate of drug-likeness (QED) is 0.581. The highest BCUT2D eigenvalue weighted by Crippen LogP contribution is 2.26. The van der Waals surface area contributed by atoms with E-state index < -0.39 is 5.97 Å². The van der Waals surface area contributed by atoms with Crippen molar-refractivity contribution in [2.45, 2.75) is 12.7 Å². The molecule has 1 heterocycles. The largest absolute Gasteiger partial charge is 0.497 e. The van der Waals surface area contributed by atoms with E-state index in [1.165, 1.54) is 0 Å². The fourth-order valence-corrected chi connectivity index (χ4v) is 2.07. The second-order valence-electron chi connectivity index (χ2n) is 5.19. The number of methoxy groups -OCH3 is 1. The van der Waals surface area contributed by atoms with Crippen molar-refractivity contribution >= 4 is 5.97 Å². The number of hydrogen-bond donors (Lipinski definition) is 0. The highest BCUT2D eigenvalue weighted by atomic mass is 16.6. The molecular weight excluding hydrogens is 296 g/mol. The molecular formula is C18H18O5. The number of hydrogen-bond acceptors (Lipinski definition) is 5. The van der Waals surface area contributed by atoms with E-state index in [2.05, 4.69) is 0 Å². The Kier molecular flexibility index (Phi) is 4.78. The van der Waals surface area contributed by atoms with E-state index in [1.54, 1.807) is 25.3 Å². The number of carbonyl (C=O) groups is 1. The number of esters is 1. The summed E-state index contributed by atoms with van der Waals surface area (Å²) in [4.78, 5) is 12.4. The maximum atomic E-state index is 12.4. The first-order chi connectivity index (χ1) is 11.3. The van der Waals surface area contributed by atoms with Crippen LogP contribution in [0.3, 0.4) is 0 Å². The summed E-state index contributed by atoms with van der Waals surface area (Å²) in [6.45, 7) is 1.33. The first kappa shape index (κ1) is 15.4. The normalized spacial score (nSPS) is 15.8. The molecule has 0 aromatic heterocycles. The highest BCUT2D eigenvalue weighted by Gasteiger charge is 2.24. The van der Waals surface area contributed by atoms with Crippen LogP contribution in [-0.2, 0) is 16.1 Å². The van der Waals surface area contributed by atoms with Crippen molar-refractivity contribution in [3.05, 3.63) is 59.7 Å². The van der Waals surface area contributed by atoms with E-state index in [4.69, 9.17) is 18.9 Å². The Hall–Kier alpha value is -2.53. The topological polar surface area (TPSA) is 57.3 Å². The average molecular weight is 314 g/mol. The Bertz CT molecular complexity index is 664. The SMILES string of the molecule is COc1ccc(OCC2CO2)c(C(=O)OCc2ccccc2)c1. The lowest BCUT2D eigenvalue weighted by molar-refractivity contribution is 0.0467. The Morgan fingerprint density at radius 1 is 1.22 bits per heavy atom. The molecule has 0 N–H and O–H groups in total. The molecule has 0 bridgehead atoms. The van der Waals surface area contributed by atoms with Crippen molar-refractivity contribution in [2.24, 2.45) is 0 Å². The van der Waals surface area contributed by atoms with Crippen LogP contribution in [0.5, 0.6) is 11.5 Å². The summed E-state index contributed by atoms with van der Waals surface area (Å²) in [5.74, 6) is 0.602. The van der Waals surface area contributed by atoms with Crippen LogP contribution in [-0.4, -0.2) is 32.4 Å². The predicted molar refractivity (Wildman–Crippen MR) is 83.8 cm³/mol. The van der Waals surface area contributed by atoms with Gasteiger partial charge in [0.05, 0.1) is 13.7 Å². The van der Waals surface area contributed by atoms with Gasteiger partial charge in [-0.3, -0.25) is 0 Å². The van der Waals surface area contributed by atoms with Crippen molar-refractivity contribution in [1.29, 1.82) is 0 Å². The van der Waals surface area contributed by atoms with Crippen LogP contribution in [0, 0.1) is 0 Å². The predicted octanol–water partition coefficient (Wildman–Crippen LogP) is 2.83. The van der Waals surface area contributed by atoms with Gasteiger partial charge in [-0.1, -0.05) is 30.3 Å². The Balaban J connectivity index is 1.70. The monoisotopic (exact) mass is 314 g/mol. The van der Waals surface area contributed by atoms with Crippen molar-refractivity contribution in [1.82, 2.24) is 0 Å². The maximum absolute atomic E-state index is 12.4. The molecule has 0 saturated carbocycles. The van der Waals surface area contributed by atoms with E-state index in [0.29, 0.717) is 30.3 Å². The van der Waals surface area contributed by atoms with Crippen LogP contribution in [0.1, 0.15) is 15.9 Å². The zero-order valence-electron chi connectivity index (χ0n) is 12.9. The van der Waals surface area contributed by atoms with E-state index in [1.807, 2.05) is 30.3 Å². The minimum absolute atomic E-state index is 0.116. The third-order valence-electron chi connectivity index (χ3n) is 3.45. The van der Waals surface area contributed by atoms with Gasteiger partial charge in [0, 0.05) is 0 Å². The van der Waals surface area contributed by atoms with Crippen LogP contribution in [0.25, 0.3) is 0 Å². The molecule has 1 fully saturated rings. The number of rotatable bonds is 7. The number of carbonyl (C=O) groups excluding carboxylic acids is 1.